The summed E-state index contributed by atoms with van der Waals surface area (Å²) in [5, 5.41) is 3.53. The van der Waals surface area contributed by atoms with E-state index in [-0.39, 0.29) is 5.82 Å². The molecule has 0 spiro atoms. The van der Waals surface area contributed by atoms with Gasteiger partial charge in [-0.3, -0.25) is 5.32 Å². The molecule has 1 aromatic rings. The zero-order valence-corrected chi connectivity index (χ0v) is 6.26. The monoisotopic (exact) mass is 175 g/mol. The maximum atomic E-state index is 12.0. The molecule has 0 bridgehead atoms. The van der Waals surface area contributed by atoms with Crippen molar-refractivity contribution in [2.75, 3.05) is 7.05 Å². The van der Waals surface area contributed by atoms with Gasteiger partial charge >= 0.3 is 6.18 Å². The first kappa shape index (κ1) is 8.83. The first-order valence-corrected chi connectivity index (χ1v) is 3.18. The van der Waals surface area contributed by atoms with Crippen LogP contribution in [0.3, 0.4) is 0 Å². The van der Waals surface area contributed by atoms with Crippen molar-refractivity contribution in [1.29, 1.82) is 0 Å². The van der Waals surface area contributed by atoms with Gasteiger partial charge in [0, 0.05) is 7.05 Å². The number of alkyl halides is 3. The lowest BCUT2D eigenvalue weighted by molar-refractivity contribution is -0.141. The minimum Gasteiger partial charge on any atom is -0.270 e. The van der Waals surface area contributed by atoms with Crippen molar-refractivity contribution in [2.45, 2.75) is 6.18 Å². The smallest absolute Gasteiger partial charge is 0.270 e. The van der Waals surface area contributed by atoms with Crippen molar-refractivity contribution in [3.63, 3.8) is 0 Å². The van der Waals surface area contributed by atoms with Gasteiger partial charge in [0.15, 0.2) is 0 Å². The number of hydrogen-bond donors (Lipinski definition) is 0. The molecule has 1 rings (SSSR count). The third-order valence-corrected chi connectivity index (χ3v) is 1.25. The number of nitrogens with zero attached hydrogens (tertiary/aromatic N) is 2. The maximum absolute atomic E-state index is 12.0. The molecule has 0 unspecified atom stereocenters. The molecule has 0 amide bonds. The quantitative estimate of drug-likeness (QED) is 0.641. The van der Waals surface area contributed by atoms with Crippen LogP contribution in [-0.2, 0) is 6.18 Å². The van der Waals surface area contributed by atoms with E-state index in [0.717, 1.165) is 6.07 Å². The van der Waals surface area contributed by atoms with Gasteiger partial charge in [0.1, 0.15) is 11.5 Å². The van der Waals surface area contributed by atoms with Gasteiger partial charge in [-0.15, -0.1) is 0 Å². The summed E-state index contributed by atoms with van der Waals surface area (Å²) in [7, 11) is 1.39. The van der Waals surface area contributed by atoms with E-state index in [9.17, 15) is 13.2 Å². The molecule has 0 aliphatic rings. The van der Waals surface area contributed by atoms with Crippen LogP contribution in [0.25, 0.3) is 0 Å². The second kappa shape index (κ2) is 3.00. The predicted octanol–water partition coefficient (Wildman–Crippen LogP) is 1.97. The third-order valence-electron chi connectivity index (χ3n) is 1.25. The first-order chi connectivity index (χ1) is 5.54. The molecular weight excluding hydrogens is 169 g/mol. The average molecular weight is 175 g/mol. The normalized spacial score (nSPS) is 11.3. The largest absolute Gasteiger partial charge is 0.433 e. The third kappa shape index (κ3) is 1.87. The second-order valence-corrected chi connectivity index (χ2v) is 2.10. The molecule has 5 heteroatoms. The molecule has 0 aliphatic carbocycles. The van der Waals surface area contributed by atoms with Gasteiger partial charge in [-0.25, -0.2) is 4.98 Å². The Kier molecular flexibility index (Phi) is 2.21. The van der Waals surface area contributed by atoms with Crippen LogP contribution >= 0.6 is 0 Å². The highest BCUT2D eigenvalue weighted by atomic mass is 19.4. The predicted molar refractivity (Wildman–Crippen MR) is 37.0 cm³/mol. The molecule has 0 saturated carbocycles. The number of halogens is 3. The average Bonchev–Trinajstić information content (AvgIpc) is 2.03. The highest BCUT2D eigenvalue weighted by Gasteiger charge is 2.32. The molecule has 1 radical (unpaired) electrons. The van der Waals surface area contributed by atoms with Gasteiger partial charge in [-0.1, -0.05) is 6.07 Å². The number of rotatable bonds is 1. The highest BCUT2D eigenvalue weighted by molar-refractivity contribution is 5.27. The van der Waals surface area contributed by atoms with Crippen LogP contribution in [0.15, 0.2) is 18.2 Å². The maximum Gasteiger partial charge on any atom is 0.433 e. The minimum atomic E-state index is -4.39. The van der Waals surface area contributed by atoms with Crippen LogP contribution in [0.4, 0.5) is 19.0 Å². The van der Waals surface area contributed by atoms with E-state index in [0.29, 0.717) is 0 Å². The highest BCUT2D eigenvalue weighted by Crippen LogP contribution is 2.27. The fourth-order valence-corrected chi connectivity index (χ4v) is 0.706. The van der Waals surface area contributed by atoms with Crippen molar-refractivity contribution in [3.8, 4) is 0 Å². The molecule has 1 heterocycles. The summed E-state index contributed by atoms with van der Waals surface area (Å²) in [6.07, 6.45) is -4.39. The van der Waals surface area contributed by atoms with E-state index in [1.165, 1.54) is 19.2 Å². The fraction of sp³-hybridized carbons (Fsp3) is 0.286. The Hall–Kier alpha value is -1.26. The lowest BCUT2D eigenvalue weighted by Gasteiger charge is -2.05. The van der Waals surface area contributed by atoms with E-state index in [1.54, 1.807) is 0 Å². The molecule has 65 valence electrons. The van der Waals surface area contributed by atoms with Gasteiger partial charge in [0.2, 0.25) is 0 Å². The number of aromatic nitrogens is 1. The SMILES string of the molecule is C[N]c1cccc(C(F)(F)F)n1. The fourth-order valence-electron chi connectivity index (χ4n) is 0.706. The van der Waals surface area contributed by atoms with E-state index >= 15 is 0 Å². The summed E-state index contributed by atoms with van der Waals surface area (Å²) in [4.78, 5) is 3.27. The van der Waals surface area contributed by atoms with Gasteiger partial charge in [0.05, 0.1) is 0 Å². The summed E-state index contributed by atoms with van der Waals surface area (Å²) in [5.74, 6) is 0.0878. The molecule has 1 aromatic heterocycles. The lowest BCUT2D eigenvalue weighted by Crippen LogP contribution is -2.08. The van der Waals surface area contributed by atoms with Crippen molar-refractivity contribution in [3.05, 3.63) is 23.9 Å². The summed E-state index contributed by atoms with van der Waals surface area (Å²) in [6.45, 7) is 0. The first-order valence-electron chi connectivity index (χ1n) is 3.18. The van der Waals surface area contributed by atoms with Gasteiger partial charge in [-0.05, 0) is 12.1 Å². The zero-order valence-electron chi connectivity index (χ0n) is 6.26. The Labute approximate surface area is 67.4 Å². The van der Waals surface area contributed by atoms with Crippen molar-refractivity contribution >= 4 is 5.82 Å². The van der Waals surface area contributed by atoms with Crippen LogP contribution in [0.5, 0.6) is 0 Å². The second-order valence-electron chi connectivity index (χ2n) is 2.10. The molecule has 0 saturated heterocycles. The Bertz CT molecular complexity index is 270. The van der Waals surface area contributed by atoms with Gasteiger partial charge < -0.3 is 0 Å². The number of hydrogen-bond acceptors (Lipinski definition) is 1. The van der Waals surface area contributed by atoms with Crippen LogP contribution in [0.2, 0.25) is 0 Å². The molecule has 0 aromatic carbocycles. The van der Waals surface area contributed by atoms with Crippen LogP contribution in [-0.4, -0.2) is 12.0 Å². The van der Waals surface area contributed by atoms with Crippen molar-refractivity contribution < 1.29 is 13.2 Å². The molecule has 0 fully saturated rings. The van der Waals surface area contributed by atoms with Crippen molar-refractivity contribution in [2.24, 2.45) is 0 Å². The van der Waals surface area contributed by atoms with E-state index in [1.807, 2.05) is 0 Å². The van der Waals surface area contributed by atoms with Crippen LogP contribution in [0, 0.1) is 0 Å². The molecule has 2 nitrogen and oxygen atoms in total. The van der Waals surface area contributed by atoms with E-state index in [2.05, 4.69) is 10.3 Å². The molecule has 0 aliphatic heterocycles. The van der Waals surface area contributed by atoms with Crippen LogP contribution < -0.4 is 5.32 Å². The van der Waals surface area contributed by atoms with Crippen LogP contribution in [0.1, 0.15) is 5.69 Å². The standard InChI is InChI=1S/C7H6F3N2/c1-11-6-4-2-3-5(12-6)7(8,9)10/h2-4H,1H3. The minimum absolute atomic E-state index is 0.0878. The lowest BCUT2D eigenvalue weighted by atomic mass is 10.3. The summed E-state index contributed by atoms with van der Waals surface area (Å²) >= 11 is 0. The molecular formula is C7H6F3N2. The summed E-state index contributed by atoms with van der Waals surface area (Å²) < 4.78 is 36.0. The molecule has 12 heavy (non-hydrogen) atoms. The Morgan fingerprint density at radius 3 is 2.50 bits per heavy atom. The Balaban J connectivity index is 3.02. The zero-order chi connectivity index (χ0) is 9.19. The van der Waals surface area contributed by atoms with Gasteiger partial charge in [0.25, 0.3) is 0 Å². The Morgan fingerprint density at radius 2 is 2.00 bits per heavy atom. The molecule has 0 atom stereocenters. The van der Waals surface area contributed by atoms with E-state index < -0.39 is 11.9 Å². The van der Waals surface area contributed by atoms with Crippen molar-refractivity contribution in [1.82, 2.24) is 10.3 Å². The summed E-state index contributed by atoms with van der Waals surface area (Å²) in [6, 6.07) is 3.60. The summed E-state index contributed by atoms with van der Waals surface area (Å²) in [5.41, 5.74) is -0.911. The molecule has 0 N–H and O–H groups in total. The topological polar surface area (TPSA) is 27.0 Å². The van der Waals surface area contributed by atoms with E-state index in [4.69, 9.17) is 0 Å². The number of pyridine rings is 1. The Morgan fingerprint density at radius 1 is 1.33 bits per heavy atom. The van der Waals surface area contributed by atoms with Gasteiger partial charge in [-0.2, -0.15) is 13.2 Å².